The molecule has 0 bridgehead atoms. The van der Waals surface area contributed by atoms with Crippen molar-refractivity contribution in [2.24, 2.45) is 5.41 Å². The zero-order valence-corrected chi connectivity index (χ0v) is 23.1. The van der Waals surface area contributed by atoms with E-state index in [0.717, 1.165) is 22.3 Å². The lowest BCUT2D eigenvalue weighted by Crippen LogP contribution is -2.45. The normalized spacial score (nSPS) is 14.6. The van der Waals surface area contributed by atoms with Crippen LogP contribution < -0.4 is 5.32 Å². The Bertz CT molecular complexity index is 1100. The molecule has 0 fully saturated rings. The first kappa shape index (κ1) is 29.2. The standard InChI is InChI=1S/C30H39NO7/c1-29(2,3)27(34)36-17-19(32)15-16-25(26(33)38-30(4,5)6)31-28(35)37-18-24-22-13-9-7-11-20(22)21-12-8-10-14-23(21)24/h7-14,19,24-25,32H,15-18H2,1-6H3,(H,31,35)/t19-,25+/m1/s1. The number of rotatable bonds is 9. The fourth-order valence-corrected chi connectivity index (χ4v) is 4.23. The van der Waals surface area contributed by atoms with E-state index >= 15 is 0 Å². The first-order chi connectivity index (χ1) is 17.8. The summed E-state index contributed by atoms with van der Waals surface area (Å²) in [5.41, 5.74) is 2.94. The minimum absolute atomic E-state index is 0.0767. The van der Waals surface area contributed by atoms with E-state index in [0.29, 0.717) is 0 Å². The lowest BCUT2D eigenvalue weighted by molar-refractivity contribution is -0.159. The number of amides is 1. The third-order valence-electron chi connectivity index (χ3n) is 6.13. The van der Waals surface area contributed by atoms with Crippen LogP contribution in [-0.4, -0.2) is 54.1 Å². The van der Waals surface area contributed by atoms with Gasteiger partial charge in [0.1, 0.15) is 24.9 Å². The van der Waals surface area contributed by atoms with Crippen LogP contribution in [0, 0.1) is 5.41 Å². The van der Waals surface area contributed by atoms with Crippen LogP contribution in [0.5, 0.6) is 0 Å². The second-order valence-electron chi connectivity index (χ2n) is 11.6. The summed E-state index contributed by atoms with van der Waals surface area (Å²) >= 11 is 0. The van der Waals surface area contributed by atoms with Crippen LogP contribution >= 0.6 is 0 Å². The van der Waals surface area contributed by atoms with Crippen LogP contribution in [0.25, 0.3) is 11.1 Å². The predicted octanol–water partition coefficient (Wildman–Crippen LogP) is 4.97. The highest BCUT2D eigenvalue weighted by Gasteiger charge is 2.31. The number of aliphatic hydroxyl groups is 1. The zero-order chi connectivity index (χ0) is 28.1. The summed E-state index contributed by atoms with van der Waals surface area (Å²) in [5, 5.41) is 12.9. The number of carbonyl (C=O) groups excluding carboxylic acids is 3. The Hall–Kier alpha value is -3.39. The van der Waals surface area contributed by atoms with Gasteiger partial charge < -0.3 is 24.6 Å². The summed E-state index contributed by atoms with van der Waals surface area (Å²) in [4.78, 5) is 37.6. The van der Waals surface area contributed by atoms with E-state index in [9.17, 15) is 19.5 Å². The Morgan fingerprint density at radius 3 is 1.95 bits per heavy atom. The molecule has 0 unspecified atom stereocenters. The van der Waals surface area contributed by atoms with Gasteiger partial charge in [0.25, 0.3) is 0 Å². The number of esters is 2. The molecule has 8 heteroatoms. The highest BCUT2D eigenvalue weighted by molar-refractivity contribution is 5.82. The third kappa shape index (κ3) is 7.81. The molecule has 38 heavy (non-hydrogen) atoms. The SMILES string of the molecule is CC(C)(C)OC(=O)[C@H](CC[C@@H](O)COC(=O)C(C)(C)C)NC(=O)OCC1c2ccccc2-c2ccccc21. The summed E-state index contributed by atoms with van der Waals surface area (Å²) in [6.45, 7) is 10.3. The summed E-state index contributed by atoms with van der Waals surface area (Å²) in [6.07, 6.45) is -1.58. The molecule has 0 radical (unpaired) electrons. The number of ether oxygens (including phenoxy) is 3. The van der Waals surface area contributed by atoms with Crippen LogP contribution in [0.2, 0.25) is 0 Å². The van der Waals surface area contributed by atoms with E-state index in [1.54, 1.807) is 41.5 Å². The van der Waals surface area contributed by atoms with Crippen molar-refractivity contribution < 1.29 is 33.7 Å². The van der Waals surface area contributed by atoms with Gasteiger partial charge >= 0.3 is 18.0 Å². The maximum Gasteiger partial charge on any atom is 0.407 e. The van der Waals surface area contributed by atoms with Gasteiger partial charge in [-0.25, -0.2) is 9.59 Å². The molecule has 1 aliphatic carbocycles. The molecule has 0 heterocycles. The summed E-state index contributed by atoms with van der Waals surface area (Å²) in [6, 6.07) is 15.0. The van der Waals surface area contributed by atoms with Crippen molar-refractivity contribution in [2.45, 2.75) is 78.0 Å². The van der Waals surface area contributed by atoms with Gasteiger partial charge in [-0.15, -0.1) is 0 Å². The molecule has 2 aromatic rings. The number of fused-ring (bicyclic) bond motifs is 3. The summed E-state index contributed by atoms with van der Waals surface area (Å²) < 4.78 is 16.2. The van der Waals surface area contributed by atoms with Gasteiger partial charge in [0.05, 0.1) is 11.5 Å². The zero-order valence-electron chi connectivity index (χ0n) is 23.1. The maximum atomic E-state index is 12.8. The fraction of sp³-hybridized carbons (Fsp3) is 0.500. The minimum Gasteiger partial charge on any atom is -0.463 e. The largest absolute Gasteiger partial charge is 0.463 e. The van der Waals surface area contributed by atoms with Gasteiger partial charge in [0.2, 0.25) is 0 Å². The number of carbonyl (C=O) groups is 3. The van der Waals surface area contributed by atoms with Crippen LogP contribution in [0.3, 0.4) is 0 Å². The van der Waals surface area contributed by atoms with Crippen LogP contribution in [-0.2, 0) is 23.8 Å². The van der Waals surface area contributed by atoms with E-state index < -0.39 is 41.2 Å². The lowest BCUT2D eigenvalue weighted by Gasteiger charge is -2.25. The average Bonchev–Trinajstić information content (AvgIpc) is 3.15. The molecule has 0 saturated heterocycles. The van der Waals surface area contributed by atoms with E-state index in [2.05, 4.69) is 17.4 Å². The first-order valence-electron chi connectivity index (χ1n) is 13.0. The van der Waals surface area contributed by atoms with Gasteiger partial charge in [-0.1, -0.05) is 48.5 Å². The van der Waals surface area contributed by atoms with Crippen LogP contribution in [0.1, 0.15) is 71.4 Å². The molecule has 0 spiro atoms. The molecule has 8 nitrogen and oxygen atoms in total. The Morgan fingerprint density at radius 2 is 1.42 bits per heavy atom. The van der Waals surface area contributed by atoms with Crippen molar-refractivity contribution in [3.8, 4) is 11.1 Å². The highest BCUT2D eigenvalue weighted by Crippen LogP contribution is 2.44. The first-order valence-corrected chi connectivity index (χ1v) is 13.0. The van der Waals surface area contributed by atoms with Gasteiger partial charge in [0.15, 0.2) is 0 Å². The molecular weight excluding hydrogens is 486 g/mol. The van der Waals surface area contributed by atoms with Gasteiger partial charge in [-0.3, -0.25) is 4.79 Å². The minimum atomic E-state index is -1.04. The molecule has 0 aromatic heterocycles. The van der Waals surface area contributed by atoms with Gasteiger partial charge in [0, 0.05) is 5.92 Å². The van der Waals surface area contributed by atoms with Crippen LogP contribution in [0.15, 0.2) is 48.5 Å². The monoisotopic (exact) mass is 525 g/mol. The second kappa shape index (κ2) is 12.0. The average molecular weight is 526 g/mol. The Kier molecular flexibility index (Phi) is 9.20. The third-order valence-corrected chi connectivity index (χ3v) is 6.13. The molecule has 1 aliphatic rings. The Morgan fingerprint density at radius 1 is 0.868 bits per heavy atom. The van der Waals surface area contributed by atoms with E-state index in [4.69, 9.17) is 14.2 Å². The number of hydrogen-bond donors (Lipinski definition) is 2. The van der Waals surface area contributed by atoms with Crippen molar-refractivity contribution in [3.05, 3.63) is 59.7 Å². The number of hydrogen-bond acceptors (Lipinski definition) is 7. The number of nitrogens with one attached hydrogen (secondary N) is 1. The van der Waals surface area contributed by atoms with Gasteiger partial charge in [-0.05, 0) is 76.6 Å². The van der Waals surface area contributed by atoms with E-state index in [1.807, 2.05) is 36.4 Å². The Balaban J connectivity index is 1.61. The number of aliphatic hydroxyl groups excluding tert-OH is 1. The maximum absolute atomic E-state index is 12.8. The molecule has 1 amide bonds. The quantitative estimate of drug-likeness (QED) is 0.351. The summed E-state index contributed by atoms with van der Waals surface area (Å²) in [5.74, 6) is -1.19. The van der Waals surface area contributed by atoms with Crippen molar-refractivity contribution in [1.82, 2.24) is 5.32 Å². The van der Waals surface area contributed by atoms with Crippen molar-refractivity contribution >= 4 is 18.0 Å². The number of benzene rings is 2. The van der Waals surface area contributed by atoms with Crippen molar-refractivity contribution in [1.29, 1.82) is 0 Å². The molecule has 0 saturated carbocycles. The molecular formula is C30H39NO7. The summed E-state index contributed by atoms with van der Waals surface area (Å²) in [7, 11) is 0. The lowest BCUT2D eigenvalue weighted by atomic mass is 9.97. The van der Waals surface area contributed by atoms with Crippen molar-refractivity contribution in [2.75, 3.05) is 13.2 Å². The molecule has 2 atom stereocenters. The van der Waals surface area contributed by atoms with Gasteiger partial charge in [-0.2, -0.15) is 0 Å². The fourth-order valence-electron chi connectivity index (χ4n) is 4.23. The molecule has 2 N–H and O–H groups in total. The molecule has 0 aliphatic heterocycles. The molecule has 3 rings (SSSR count). The van der Waals surface area contributed by atoms with Crippen LogP contribution in [0.4, 0.5) is 4.79 Å². The molecule has 2 aromatic carbocycles. The smallest absolute Gasteiger partial charge is 0.407 e. The topological polar surface area (TPSA) is 111 Å². The Labute approximate surface area is 224 Å². The van der Waals surface area contributed by atoms with E-state index in [1.165, 1.54) is 0 Å². The second-order valence-corrected chi connectivity index (χ2v) is 11.6. The molecule has 206 valence electrons. The highest BCUT2D eigenvalue weighted by atomic mass is 16.6. The van der Waals surface area contributed by atoms with E-state index in [-0.39, 0.29) is 32.0 Å². The number of alkyl carbamates (subject to hydrolysis) is 1. The van der Waals surface area contributed by atoms with Crippen molar-refractivity contribution in [3.63, 3.8) is 0 Å². The predicted molar refractivity (Wildman–Crippen MR) is 143 cm³/mol.